The molecular formula is C12H19NO6. The molecule has 0 amide bonds. The zero-order valence-corrected chi connectivity index (χ0v) is 10.7. The molecule has 2 fully saturated rings. The zero-order chi connectivity index (χ0) is 14.2. The molecule has 19 heavy (non-hydrogen) atoms. The van der Waals surface area contributed by atoms with Crippen molar-refractivity contribution in [3.8, 4) is 0 Å². The number of fused-ring (bicyclic) bond motifs is 1. The van der Waals surface area contributed by atoms with E-state index in [1.165, 1.54) is 0 Å². The number of carbonyl (C=O) groups is 2. The van der Waals surface area contributed by atoms with Gasteiger partial charge < -0.3 is 25.4 Å². The van der Waals surface area contributed by atoms with Gasteiger partial charge in [0.15, 0.2) is 5.60 Å². The summed E-state index contributed by atoms with van der Waals surface area (Å²) in [5, 5.41) is 18.2. The van der Waals surface area contributed by atoms with Gasteiger partial charge in [-0.2, -0.15) is 0 Å². The van der Waals surface area contributed by atoms with E-state index in [4.69, 9.17) is 20.3 Å². The molecule has 5 atom stereocenters. The first-order valence-corrected chi connectivity index (χ1v) is 6.37. The largest absolute Gasteiger partial charge is 0.480 e. The molecule has 0 spiro atoms. The molecule has 0 aromatic rings. The third kappa shape index (κ3) is 2.58. The highest BCUT2D eigenvalue weighted by Crippen LogP contribution is 2.41. The lowest BCUT2D eigenvalue weighted by atomic mass is 9.88. The molecule has 7 nitrogen and oxygen atoms in total. The Hall–Kier alpha value is -1.18. The van der Waals surface area contributed by atoms with Gasteiger partial charge >= 0.3 is 11.9 Å². The van der Waals surface area contributed by atoms with Crippen LogP contribution >= 0.6 is 0 Å². The van der Waals surface area contributed by atoms with Crippen LogP contribution in [0.3, 0.4) is 0 Å². The first-order valence-electron chi connectivity index (χ1n) is 6.37. The SMILES string of the molecule is CC1CCOC2C[C@@](CC(N)C(=O)O)(C(=O)O)OC12. The number of hydrogen-bond acceptors (Lipinski definition) is 5. The Labute approximate surface area is 110 Å². The Morgan fingerprint density at radius 1 is 1.47 bits per heavy atom. The van der Waals surface area contributed by atoms with E-state index in [0.29, 0.717) is 6.61 Å². The van der Waals surface area contributed by atoms with Crippen molar-refractivity contribution in [2.24, 2.45) is 11.7 Å². The minimum atomic E-state index is -1.55. The first kappa shape index (κ1) is 14.2. The van der Waals surface area contributed by atoms with Crippen molar-refractivity contribution in [2.75, 3.05) is 6.61 Å². The second kappa shape index (κ2) is 5.07. The van der Waals surface area contributed by atoms with E-state index in [9.17, 15) is 14.7 Å². The van der Waals surface area contributed by atoms with Crippen molar-refractivity contribution < 1.29 is 29.3 Å². The molecule has 2 aliphatic heterocycles. The van der Waals surface area contributed by atoms with E-state index in [2.05, 4.69) is 0 Å². The second-order valence-electron chi connectivity index (χ2n) is 5.41. The molecule has 2 rings (SSSR count). The van der Waals surface area contributed by atoms with Gasteiger partial charge in [0.2, 0.25) is 0 Å². The van der Waals surface area contributed by atoms with Gasteiger partial charge in [0.25, 0.3) is 0 Å². The fourth-order valence-corrected chi connectivity index (χ4v) is 2.83. The summed E-state index contributed by atoms with van der Waals surface area (Å²) in [6, 6.07) is -1.26. The number of hydrogen-bond donors (Lipinski definition) is 3. The minimum Gasteiger partial charge on any atom is -0.480 e. The predicted molar refractivity (Wildman–Crippen MR) is 63.6 cm³/mol. The quantitative estimate of drug-likeness (QED) is 0.650. The third-order valence-corrected chi connectivity index (χ3v) is 3.98. The summed E-state index contributed by atoms with van der Waals surface area (Å²) in [5.74, 6) is -2.21. The van der Waals surface area contributed by atoms with Crippen LogP contribution in [0.25, 0.3) is 0 Å². The molecule has 108 valence electrons. The molecule has 4 N–H and O–H groups in total. The van der Waals surface area contributed by atoms with Crippen LogP contribution in [0.5, 0.6) is 0 Å². The Morgan fingerprint density at radius 3 is 2.68 bits per heavy atom. The Bertz CT molecular complexity index is 386. The maximum absolute atomic E-state index is 11.5. The monoisotopic (exact) mass is 273 g/mol. The van der Waals surface area contributed by atoms with E-state index < -0.39 is 23.6 Å². The molecule has 0 radical (unpaired) electrons. The molecule has 0 aromatic carbocycles. The van der Waals surface area contributed by atoms with Crippen LogP contribution in [0.4, 0.5) is 0 Å². The van der Waals surface area contributed by atoms with E-state index in [0.717, 1.165) is 6.42 Å². The minimum absolute atomic E-state index is 0.151. The van der Waals surface area contributed by atoms with Gasteiger partial charge in [-0.25, -0.2) is 4.79 Å². The number of carboxylic acids is 2. The topological polar surface area (TPSA) is 119 Å². The fourth-order valence-electron chi connectivity index (χ4n) is 2.83. The van der Waals surface area contributed by atoms with Crippen molar-refractivity contribution >= 4 is 11.9 Å². The van der Waals surface area contributed by atoms with E-state index in [1.807, 2.05) is 6.92 Å². The Morgan fingerprint density at radius 2 is 2.16 bits per heavy atom. The smallest absolute Gasteiger partial charge is 0.336 e. The molecule has 0 bridgehead atoms. The summed E-state index contributed by atoms with van der Waals surface area (Å²) >= 11 is 0. The van der Waals surface area contributed by atoms with Crippen LogP contribution in [0.1, 0.15) is 26.2 Å². The molecule has 2 saturated heterocycles. The average molecular weight is 273 g/mol. The Kier molecular flexibility index (Phi) is 3.80. The normalized spacial score (nSPS) is 39.6. The first-order chi connectivity index (χ1) is 8.85. The van der Waals surface area contributed by atoms with Gasteiger partial charge in [0, 0.05) is 19.4 Å². The van der Waals surface area contributed by atoms with Crippen LogP contribution in [0.2, 0.25) is 0 Å². The van der Waals surface area contributed by atoms with Crippen molar-refractivity contribution in [1.29, 1.82) is 0 Å². The molecule has 0 aliphatic carbocycles. The van der Waals surface area contributed by atoms with Gasteiger partial charge in [0.1, 0.15) is 6.04 Å². The van der Waals surface area contributed by atoms with Crippen LogP contribution in [-0.4, -0.2) is 52.6 Å². The molecule has 2 heterocycles. The molecular weight excluding hydrogens is 254 g/mol. The third-order valence-electron chi connectivity index (χ3n) is 3.98. The van der Waals surface area contributed by atoms with Gasteiger partial charge in [-0.3, -0.25) is 4.79 Å². The highest BCUT2D eigenvalue weighted by molar-refractivity contribution is 5.80. The van der Waals surface area contributed by atoms with Crippen molar-refractivity contribution in [3.05, 3.63) is 0 Å². The number of ether oxygens (including phenoxy) is 2. The van der Waals surface area contributed by atoms with Gasteiger partial charge in [-0.15, -0.1) is 0 Å². The maximum atomic E-state index is 11.5. The summed E-state index contributed by atoms with van der Waals surface area (Å²) < 4.78 is 11.2. The van der Waals surface area contributed by atoms with Crippen LogP contribution in [0, 0.1) is 5.92 Å². The summed E-state index contributed by atoms with van der Waals surface area (Å²) in [7, 11) is 0. The lowest BCUT2D eigenvalue weighted by Crippen LogP contribution is -2.47. The standard InChI is InChI=1S/C12H19NO6/c1-6-2-3-18-8-5-12(11(16)17,19-9(6)8)4-7(13)10(14)15/h6-9H,2-5,13H2,1H3,(H,14,15)(H,16,17)/t6?,7?,8?,9?,12-/m0/s1. The number of carboxylic acid groups (broad SMARTS) is 2. The van der Waals surface area contributed by atoms with Crippen molar-refractivity contribution in [2.45, 2.75) is 50.0 Å². The van der Waals surface area contributed by atoms with Crippen molar-refractivity contribution in [1.82, 2.24) is 0 Å². The summed E-state index contributed by atoms with van der Waals surface area (Å²) in [5.41, 5.74) is 3.91. The van der Waals surface area contributed by atoms with Crippen LogP contribution in [-0.2, 0) is 19.1 Å². The highest BCUT2D eigenvalue weighted by Gasteiger charge is 2.55. The predicted octanol–water partition coefficient (Wildman–Crippen LogP) is -0.174. The molecule has 0 aromatic heterocycles. The van der Waals surface area contributed by atoms with Gasteiger partial charge in [0.05, 0.1) is 12.2 Å². The molecule has 7 heteroatoms. The van der Waals surface area contributed by atoms with Crippen LogP contribution in [0.15, 0.2) is 0 Å². The lowest BCUT2D eigenvalue weighted by molar-refractivity contribution is -0.172. The lowest BCUT2D eigenvalue weighted by Gasteiger charge is -2.31. The Balaban J connectivity index is 2.18. The van der Waals surface area contributed by atoms with Crippen molar-refractivity contribution in [3.63, 3.8) is 0 Å². The molecule has 4 unspecified atom stereocenters. The van der Waals surface area contributed by atoms with Gasteiger partial charge in [-0.1, -0.05) is 6.92 Å². The molecule has 2 aliphatic rings. The summed E-state index contributed by atoms with van der Waals surface area (Å²) in [4.78, 5) is 22.3. The van der Waals surface area contributed by atoms with Crippen LogP contribution < -0.4 is 5.73 Å². The highest BCUT2D eigenvalue weighted by atomic mass is 16.6. The van der Waals surface area contributed by atoms with E-state index >= 15 is 0 Å². The zero-order valence-electron chi connectivity index (χ0n) is 10.7. The summed E-state index contributed by atoms with van der Waals surface area (Å²) in [6.45, 7) is 2.56. The average Bonchev–Trinajstić information content (AvgIpc) is 2.70. The maximum Gasteiger partial charge on any atom is 0.336 e. The number of aliphatic carboxylic acids is 2. The molecule has 0 saturated carbocycles. The fraction of sp³-hybridized carbons (Fsp3) is 0.833. The van der Waals surface area contributed by atoms with Gasteiger partial charge in [-0.05, 0) is 12.3 Å². The second-order valence-corrected chi connectivity index (χ2v) is 5.41. The van der Waals surface area contributed by atoms with E-state index in [-0.39, 0.29) is 31.0 Å². The number of nitrogens with two attached hydrogens (primary N) is 1. The summed E-state index contributed by atoms with van der Waals surface area (Å²) in [6.07, 6.45) is 0.118. The number of rotatable bonds is 4. The van der Waals surface area contributed by atoms with E-state index in [1.54, 1.807) is 0 Å².